The molecule has 6 heteroatoms. The average molecular weight is 248 g/mol. The minimum atomic E-state index is -0.363. The van der Waals surface area contributed by atoms with Crippen molar-refractivity contribution in [3.05, 3.63) is 0 Å². The second-order valence-electron chi connectivity index (χ2n) is 3.36. The molecule has 0 aliphatic carbocycles. The number of carbonyl (C=O) groups is 2. The van der Waals surface area contributed by atoms with Crippen LogP contribution < -0.4 is 10.6 Å². The van der Waals surface area contributed by atoms with Crippen molar-refractivity contribution in [2.24, 2.45) is 0 Å². The first-order chi connectivity index (χ1) is 7.19. The van der Waals surface area contributed by atoms with Crippen LogP contribution in [0.25, 0.3) is 0 Å². The van der Waals surface area contributed by atoms with E-state index in [1.54, 1.807) is 23.5 Å². The van der Waals surface area contributed by atoms with Gasteiger partial charge in [-0.1, -0.05) is 0 Å². The van der Waals surface area contributed by atoms with Gasteiger partial charge in [-0.15, -0.1) is 0 Å². The Labute approximate surface area is 98.3 Å². The summed E-state index contributed by atoms with van der Waals surface area (Å²) in [5.41, 5.74) is 0. The third-order valence-electron chi connectivity index (χ3n) is 2.21. The van der Waals surface area contributed by atoms with Gasteiger partial charge < -0.3 is 10.6 Å². The number of rotatable bonds is 5. The normalized spacial score (nSPS) is 26.0. The first-order valence-corrected chi connectivity index (χ1v) is 7.56. The summed E-state index contributed by atoms with van der Waals surface area (Å²) in [6.07, 6.45) is 4.60. The summed E-state index contributed by atoms with van der Waals surface area (Å²) < 4.78 is 0. The van der Waals surface area contributed by atoms with Gasteiger partial charge >= 0.3 is 0 Å². The van der Waals surface area contributed by atoms with Gasteiger partial charge in [0, 0.05) is 5.75 Å². The van der Waals surface area contributed by atoms with E-state index in [1.165, 1.54) is 0 Å². The van der Waals surface area contributed by atoms with Gasteiger partial charge in [0.05, 0.1) is 0 Å². The number of piperazine rings is 1. The summed E-state index contributed by atoms with van der Waals surface area (Å²) in [5, 5.41) is 5.50. The zero-order valence-electron chi connectivity index (χ0n) is 8.91. The van der Waals surface area contributed by atoms with Crippen molar-refractivity contribution in [2.75, 3.05) is 24.0 Å². The van der Waals surface area contributed by atoms with Crippen LogP contribution in [0.1, 0.15) is 6.42 Å². The summed E-state index contributed by atoms with van der Waals surface area (Å²) in [7, 11) is 0. The Kier molecular flexibility index (Phi) is 5.31. The molecule has 0 aromatic carbocycles. The summed E-state index contributed by atoms with van der Waals surface area (Å²) in [6.45, 7) is 0. The Morgan fingerprint density at radius 3 is 2.27 bits per heavy atom. The maximum absolute atomic E-state index is 11.6. The standard InChI is InChI=1S/C9H16N2O2S2/c1-14-4-3-6-8(12)11-7(5-15-2)9(13)10-6/h6-7H,3-5H2,1-2H3,(H,10,13)(H,11,12)/t6-,7-/m0/s1. The maximum atomic E-state index is 11.6. The maximum Gasteiger partial charge on any atom is 0.244 e. The average Bonchev–Trinajstić information content (AvgIpc) is 2.21. The van der Waals surface area contributed by atoms with Crippen LogP contribution in [-0.4, -0.2) is 47.9 Å². The van der Waals surface area contributed by atoms with Crippen molar-refractivity contribution in [1.29, 1.82) is 0 Å². The SMILES string of the molecule is CSCC[C@@H]1NC(=O)[C@H](CSC)NC1=O. The molecule has 86 valence electrons. The molecule has 1 rings (SSSR count). The van der Waals surface area contributed by atoms with Crippen LogP contribution in [-0.2, 0) is 9.59 Å². The molecule has 1 heterocycles. The van der Waals surface area contributed by atoms with Crippen LogP contribution in [0.3, 0.4) is 0 Å². The van der Waals surface area contributed by atoms with Gasteiger partial charge in [0.25, 0.3) is 0 Å². The van der Waals surface area contributed by atoms with Crippen molar-refractivity contribution in [3.63, 3.8) is 0 Å². The molecule has 0 spiro atoms. The number of hydrogen-bond donors (Lipinski definition) is 2. The predicted octanol–water partition coefficient (Wildman–Crippen LogP) is 0.0857. The summed E-state index contributed by atoms with van der Waals surface area (Å²) >= 11 is 3.23. The van der Waals surface area contributed by atoms with Gasteiger partial charge in [-0.25, -0.2) is 0 Å². The second kappa shape index (κ2) is 6.27. The predicted molar refractivity (Wildman–Crippen MR) is 65.2 cm³/mol. The second-order valence-corrected chi connectivity index (χ2v) is 5.26. The molecular formula is C9H16N2O2S2. The van der Waals surface area contributed by atoms with E-state index in [0.717, 1.165) is 5.75 Å². The van der Waals surface area contributed by atoms with Crippen molar-refractivity contribution >= 4 is 35.3 Å². The topological polar surface area (TPSA) is 58.2 Å². The number of nitrogens with one attached hydrogen (secondary N) is 2. The highest BCUT2D eigenvalue weighted by Gasteiger charge is 2.32. The van der Waals surface area contributed by atoms with E-state index in [9.17, 15) is 9.59 Å². The van der Waals surface area contributed by atoms with Crippen molar-refractivity contribution in [2.45, 2.75) is 18.5 Å². The lowest BCUT2D eigenvalue weighted by Gasteiger charge is -2.29. The molecule has 0 saturated carbocycles. The molecule has 4 nitrogen and oxygen atoms in total. The molecule has 1 aliphatic heterocycles. The highest BCUT2D eigenvalue weighted by molar-refractivity contribution is 7.98. The number of carbonyl (C=O) groups excluding carboxylic acids is 2. The fourth-order valence-electron chi connectivity index (χ4n) is 1.40. The number of amides is 2. The van der Waals surface area contributed by atoms with Gasteiger partial charge in [0.2, 0.25) is 11.8 Å². The van der Waals surface area contributed by atoms with Crippen molar-refractivity contribution < 1.29 is 9.59 Å². The van der Waals surface area contributed by atoms with Gasteiger partial charge in [0.1, 0.15) is 12.1 Å². The van der Waals surface area contributed by atoms with E-state index in [-0.39, 0.29) is 23.9 Å². The molecule has 1 fully saturated rings. The lowest BCUT2D eigenvalue weighted by molar-refractivity contribution is -0.136. The molecule has 2 N–H and O–H groups in total. The molecule has 1 aliphatic rings. The highest BCUT2D eigenvalue weighted by atomic mass is 32.2. The van der Waals surface area contributed by atoms with E-state index in [2.05, 4.69) is 10.6 Å². The first-order valence-electron chi connectivity index (χ1n) is 4.77. The van der Waals surface area contributed by atoms with Crippen LogP contribution in [0, 0.1) is 0 Å². The minimum absolute atomic E-state index is 0.0531. The third-order valence-corrected chi connectivity index (χ3v) is 3.52. The number of hydrogen-bond acceptors (Lipinski definition) is 4. The molecule has 0 unspecified atom stereocenters. The van der Waals surface area contributed by atoms with E-state index in [0.29, 0.717) is 12.2 Å². The molecule has 0 aromatic heterocycles. The van der Waals surface area contributed by atoms with Gasteiger partial charge in [-0.3, -0.25) is 9.59 Å². The smallest absolute Gasteiger partial charge is 0.244 e. The molecule has 0 radical (unpaired) electrons. The van der Waals surface area contributed by atoms with Crippen LogP contribution in [0.15, 0.2) is 0 Å². The monoisotopic (exact) mass is 248 g/mol. The zero-order chi connectivity index (χ0) is 11.3. The van der Waals surface area contributed by atoms with E-state index in [1.807, 2.05) is 12.5 Å². The van der Waals surface area contributed by atoms with Crippen LogP contribution >= 0.6 is 23.5 Å². The number of thioether (sulfide) groups is 2. The Balaban J connectivity index is 2.47. The fraction of sp³-hybridized carbons (Fsp3) is 0.778. The van der Waals surface area contributed by atoms with Gasteiger partial charge in [-0.2, -0.15) is 23.5 Å². The van der Waals surface area contributed by atoms with E-state index >= 15 is 0 Å². The Morgan fingerprint density at radius 1 is 1.07 bits per heavy atom. The third kappa shape index (κ3) is 3.61. The Bertz CT molecular complexity index is 248. The summed E-state index contributed by atoms with van der Waals surface area (Å²) in [6, 6.07) is -0.707. The van der Waals surface area contributed by atoms with Crippen LogP contribution in [0.4, 0.5) is 0 Å². The van der Waals surface area contributed by atoms with E-state index < -0.39 is 0 Å². The highest BCUT2D eigenvalue weighted by Crippen LogP contribution is 2.07. The summed E-state index contributed by atoms with van der Waals surface area (Å²) in [4.78, 5) is 23.1. The van der Waals surface area contributed by atoms with Crippen LogP contribution in [0.2, 0.25) is 0 Å². The lowest BCUT2D eigenvalue weighted by Crippen LogP contribution is -2.62. The lowest BCUT2D eigenvalue weighted by atomic mass is 10.1. The Hall–Kier alpha value is -0.360. The first kappa shape index (κ1) is 12.7. The quantitative estimate of drug-likeness (QED) is 0.724. The van der Waals surface area contributed by atoms with Gasteiger partial charge in [-0.05, 0) is 24.7 Å². The molecule has 2 amide bonds. The Morgan fingerprint density at radius 2 is 1.67 bits per heavy atom. The molecule has 2 atom stereocenters. The van der Waals surface area contributed by atoms with Gasteiger partial charge in [0.15, 0.2) is 0 Å². The molecule has 1 saturated heterocycles. The zero-order valence-corrected chi connectivity index (χ0v) is 10.5. The summed E-state index contributed by atoms with van der Waals surface area (Å²) in [5.74, 6) is 1.40. The van der Waals surface area contributed by atoms with Crippen molar-refractivity contribution in [1.82, 2.24) is 10.6 Å². The van der Waals surface area contributed by atoms with Crippen LogP contribution in [0.5, 0.6) is 0 Å². The molecule has 0 bridgehead atoms. The minimum Gasteiger partial charge on any atom is -0.342 e. The largest absolute Gasteiger partial charge is 0.342 e. The fourth-order valence-corrected chi connectivity index (χ4v) is 2.44. The molecular weight excluding hydrogens is 232 g/mol. The molecule has 0 aromatic rings. The van der Waals surface area contributed by atoms with Crippen molar-refractivity contribution in [3.8, 4) is 0 Å². The van der Waals surface area contributed by atoms with E-state index in [4.69, 9.17) is 0 Å². The molecule has 15 heavy (non-hydrogen) atoms.